The molecule has 1 amide bonds. The van der Waals surface area contributed by atoms with Crippen molar-refractivity contribution in [2.24, 2.45) is 0 Å². The number of nitriles is 1. The van der Waals surface area contributed by atoms with Gasteiger partial charge in [0.1, 0.15) is 0 Å². The topological polar surface area (TPSA) is 44.1 Å². The second kappa shape index (κ2) is 7.94. The van der Waals surface area contributed by atoms with Crippen molar-refractivity contribution < 1.29 is 4.79 Å². The van der Waals surface area contributed by atoms with Crippen molar-refractivity contribution in [1.82, 2.24) is 4.90 Å². The molecule has 0 aliphatic carbocycles. The summed E-state index contributed by atoms with van der Waals surface area (Å²) in [7, 11) is 0. The second-order valence-corrected chi connectivity index (χ2v) is 6.24. The molecule has 2 aromatic carbocycles. The highest BCUT2D eigenvalue weighted by atomic mass is 79.9. The summed E-state index contributed by atoms with van der Waals surface area (Å²) in [5.74, 6) is -0.0489. The summed E-state index contributed by atoms with van der Waals surface area (Å²) in [4.78, 5) is 14.8. The van der Waals surface area contributed by atoms with Crippen LogP contribution in [0.25, 0.3) is 0 Å². The molecule has 0 aromatic heterocycles. The fourth-order valence-corrected chi connectivity index (χ4v) is 3.20. The molecule has 0 N–H and O–H groups in total. The van der Waals surface area contributed by atoms with Crippen molar-refractivity contribution in [3.8, 4) is 6.07 Å². The van der Waals surface area contributed by atoms with Crippen LogP contribution in [0.4, 0.5) is 0 Å². The third-order valence-electron chi connectivity index (χ3n) is 3.79. The molecular formula is C19H19BrN2O. The zero-order valence-corrected chi connectivity index (χ0v) is 14.9. The SMILES string of the molecule is CCCN(C(=O)c1cccc(C#N)c1)[C@H](C)c1ccccc1Br. The van der Waals surface area contributed by atoms with Gasteiger partial charge in [-0.25, -0.2) is 0 Å². The van der Waals surface area contributed by atoms with Crippen molar-refractivity contribution in [2.75, 3.05) is 6.54 Å². The smallest absolute Gasteiger partial charge is 0.254 e. The fourth-order valence-electron chi connectivity index (χ4n) is 2.58. The molecule has 0 aliphatic rings. The lowest BCUT2D eigenvalue weighted by molar-refractivity contribution is 0.0690. The predicted octanol–water partition coefficient (Wildman–Crippen LogP) is 4.93. The Morgan fingerprint density at radius 2 is 2.00 bits per heavy atom. The first-order chi connectivity index (χ1) is 11.1. The molecular weight excluding hydrogens is 352 g/mol. The molecule has 0 fully saturated rings. The summed E-state index contributed by atoms with van der Waals surface area (Å²) in [6.07, 6.45) is 0.873. The Morgan fingerprint density at radius 3 is 2.65 bits per heavy atom. The molecule has 0 unspecified atom stereocenters. The zero-order chi connectivity index (χ0) is 16.8. The maximum atomic E-state index is 12.9. The third kappa shape index (κ3) is 4.00. The van der Waals surface area contributed by atoms with Crippen molar-refractivity contribution in [3.63, 3.8) is 0 Å². The minimum absolute atomic E-state index is 0.0489. The van der Waals surface area contributed by atoms with E-state index in [-0.39, 0.29) is 11.9 Å². The van der Waals surface area contributed by atoms with Gasteiger partial charge in [-0.05, 0) is 43.2 Å². The quantitative estimate of drug-likeness (QED) is 0.748. The number of hydrogen-bond acceptors (Lipinski definition) is 2. The van der Waals surface area contributed by atoms with Gasteiger partial charge in [0.2, 0.25) is 0 Å². The molecule has 2 aromatic rings. The van der Waals surface area contributed by atoms with Crippen LogP contribution in [0.3, 0.4) is 0 Å². The van der Waals surface area contributed by atoms with Crippen LogP contribution in [-0.4, -0.2) is 17.4 Å². The summed E-state index contributed by atoms with van der Waals surface area (Å²) in [5, 5.41) is 9.03. The standard InChI is InChI=1S/C19H19BrN2O/c1-3-11-22(14(2)17-9-4-5-10-18(17)20)19(23)16-8-6-7-15(12-16)13-21/h4-10,12,14H,3,11H2,1-2H3/t14-/m1/s1. The normalized spacial score (nSPS) is 11.6. The van der Waals surface area contributed by atoms with E-state index in [4.69, 9.17) is 5.26 Å². The Morgan fingerprint density at radius 1 is 1.26 bits per heavy atom. The number of rotatable bonds is 5. The molecule has 0 bridgehead atoms. The predicted molar refractivity (Wildman–Crippen MR) is 95.0 cm³/mol. The number of carbonyl (C=O) groups excluding carboxylic acids is 1. The van der Waals surface area contributed by atoms with Gasteiger partial charge in [0.25, 0.3) is 5.91 Å². The van der Waals surface area contributed by atoms with Crippen LogP contribution in [0.1, 0.15) is 47.8 Å². The van der Waals surface area contributed by atoms with Crippen LogP contribution < -0.4 is 0 Å². The highest BCUT2D eigenvalue weighted by Gasteiger charge is 2.23. The summed E-state index contributed by atoms with van der Waals surface area (Å²) in [6, 6.07) is 16.8. The van der Waals surface area contributed by atoms with E-state index in [1.807, 2.05) is 36.1 Å². The Hall–Kier alpha value is -2.12. The van der Waals surface area contributed by atoms with Crippen molar-refractivity contribution in [3.05, 3.63) is 69.7 Å². The van der Waals surface area contributed by atoms with Gasteiger partial charge in [-0.2, -0.15) is 5.26 Å². The van der Waals surface area contributed by atoms with E-state index >= 15 is 0 Å². The van der Waals surface area contributed by atoms with Gasteiger partial charge in [-0.3, -0.25) is 4.79 Å². The molecule has 4 heteroatoms. The molecule has 0 radical (unpaired) electrons. The van der Waals surface area contributed by atoms with E-state index < -0.39 is 0 Å². The first-order valence-corrected chi connectivity index (χ1v) is 8.43. The van der Waals surface area contributed by atoms with Crippen LogP contribution in [0.5, 0.6) is 0 Å². The zero-order valence-electron chi connectivity index (χ0n) is 13.3. The van der Waals surface area contributed by atoms with E-state index in [0.717, 1.165) is 16.5 Å². The van der Waals surface area contributed by atoms with Crippen molar-refractivity contribution in [2.45, 2.75) is 26.3 Å². The van der Waals surface area contributed by atoms with Gasteiger partial charge >= 0.3 is 0 Å². The van der Waals surface area contributed by atoms with Gasteiger partial charge in [0, 0.05) is 16.6 Å². The maximum Gasteiger partial charge on any atom is 0.254 e. The Kier molecular flexibility index (Phi) is 5.95. The van der Waals surface area contributed by atoms with Crippen LogP contribution in [0, 0.1) is 11.3 Å². The van der Waals surface area contributed by atoms with Gasteiger partial charge in [0.05, 0.1) is 17.7 Å². The summed E-state index contributed by atoms with van der Waals surface area (Å²) in [5.41, 5.74) is 2.13. The summed E-state index contributed by atoms with van der Waals surface area (Å²) >= 11 is 3.56. The van der Waals surface area contributed by atoms with E-state index in [2.05, 4.69) is 28.9 Å². The Balaban J connectivity index is 2.35. The van der Waals surface area contributed by atoms with E-state index in [9.17, 15) is 4.79 Å². The minimum Gasteiger partial charge on any atom is -0.332 e. The molecule has 23 heavy (non-hydrogen) atoms. The average molecular weight is 371 g/mol. The molecule has 0 saturated heterocycles. The van der Waals surface area contributed by atoms with Crippen LogP contribution in [-0.2, 0) is 0 Å². The molecule has 0 spiro atoms. The molecule has 2 rings (SSSR count). The lowest BCUT2D eigenvalue weighted by Crippen LogP contribution is -2.34. The van der Waals surface area contributed by atoms with Crippen LogP contribution in [0.2, 0.25) is 0 Å². The monoisotopic (exact) mass is 370 g/mol. The molecule has 0 saturated carbocycles. The highest BCUT2D eigenvalue weighted by Crippen LogP contribution is 2.28. The number of benzene rings is 2. The van der Waals surface area contributed by atoms with Crippen molar-refractivity contribution in [1.29, 1.82) is 5.26 Å². The first-order valence-electron chi connectivity index (χ1n) is 7.64. The first kappa shape index (κ1) is 17.2. The number of nitrogens with zero attached hydrogens (tertiary/aromatic N) is 2. The number of hydrogen-bond donors (Lipinski definition) is 0. The van der Waals surface area contributed by atoms with E-state index in [1.54, 1.807) is 24.3 Å². The Labute approximate surface area is 145 Å². The Bertz CT molecular complexity index is 736. The summed E-state index contributed by atoms with van der Waals surface area (Å²) < 4.78 is 0.993. The molecule has 0 heterocycles. The number of carbonyl (C=O) groups is 1. The molecule has 1 atom stereocenters. The maximum absolute atomic E-state index is 12.9. The summed E-state index contributed by atoms with van der Waals surface area (Å²) in [6.45, 7) is 4.75. The van der Waals surface area contributed by atoms with Gasteiger partial charge in [-0.15, -0.1) is 0 Å². The molecule has 3 nitrogen and oxygen atoms in total. The highest BCUT2D eigenvalue weighted by molar-refractivity contribution is 9.10. The van der Waals surface area contributed by atoms with Crippen LogP contribution in [0.15, 0.2) is 53.0 Å². The molecule has 0 aliphatic heterocycles. The largest absolute Gasteiger partial charge is 0.332 e. The second-order valence-electron chi connectivity index (χ2n) is 5.39. The third-order valence-corrected chi connectivity index (χ3v) is 4.51. The van der Waals surface area contributed by atoms with Gasteiger partial charge in [-0.1, -0.05) is 47.1 Å². The van der Waals surface area contributed by atoms with E-state index in [1.165, 1.54) is 0 Å². The molecule has 118 valence electrons. The lowest BCUT2D eigenvalue weighted by atomic mass is 10.0. The van der Waals surface area contributed by atoms with E-state index in [0.29, 0.717) is 17.7 Å². The fraction of sp³-hybridized carbons (Fsp3) is 0.263. The van der Waals surface area contributed by atoms with Gasteiger partial charge in [0.15, 0.2) is 0 Å². The number of halogens is 1. The van der Waals surface area contributed by atoms with Crippen molar-refractivity contribution >= 4 is 21.8 Å². The lowest BCUT2D eigenvalue weighted by Gasteiger charge is -2.30. The van der Waals surface area contributed by atoms with Crippen LogP contribution >= 0.6 is 15.9 Å². The van der Waals surface area contributed by atoms with Gasteiger partial charge < -0.3 is 4.90 Å². The number of amides is 1. The minimum atomic E-state index is -0.0521. The average Bonchev–Trinajstić information content (AvgIpc) is 2.59.